The lowest BCUT2D eigenvalue weighted by Gasteiger charge is -2.56. The fraction of sp³-hybridized carbons (Fsp3) is 0.652. The minimum absolute atomic E-state index is 0.0718. The van der Waals surface area contributed by atoms with Crippen molar-refractivity contribution in [2.75, 3.05) is 7.05 Å². The lowest BCUT2D eigenvalue weighted by atomic mass is 9.55. The van der Waals surface area contributed by atoms with E-state index in [1.165, 1.54) is 18.2 Å². The number of hydrogen-bond acceptors (Lipinski definition) is 2. The molecule has 2 nitrogen and oxygen atoms in total. The summed E-state index contributed by atoms with van der Waals surface area (Å²) in [7, 11) is 1.50. The standard InChI is InChI=1S/C18H26O.2C2H6.CH5N/c1-13-15(14-11-9-8-10-12-14)19-18(6,7)17(4,5)16(13,2)3;3*1-2/h8-12H,1-7H3;2*1-2H3;2H2,1H3. The highest BCUT2D eigenvalue weighted by Crippen LogP contribution is 2.58. The van der Waals surface area contributed by atoms with Gasteiger partial charge in [-0.2, -0.15) is 0 Å². The van der Waals surface area contributed by atoms with Crippen LogP contribution in [-0.2, 0) is 4.74 Å². The number of allylic oxidation sites excluding steroid dienone is 1. The molecule has 0 saturated carbocycles. The van der Waals surface area contributed by atoms with Crippen LogP contribution in [0.4, 0.5) is 0 Å². The monoisotopic (exact) mass is 349 g/mol. The minimum atomic E-state index is -0.193. The molecule has 0 atom stereocenters. The molecule has 0 unspecified atom stereocenters. The van der Waals surface area contributed by atoms with Crippen LogP contribution in [0.15, 0.2) is 35.9 Å². The Morgan fingerprint density at radius 1 is 0.760 bits per heavy atom. The average molecular weight is 350 g/mol. The van der Waals surface area contributed by atoms with Crippen molar-refractivity contribution in [1.82, 2.24) is 0 Å². The van der Waals surface area contributed by atoms with Crippen molar-refractivity contribution < 1.29 is 4.74 Å². The van der Waals surface area contributed by atoms with Crippen molar-refractivity contribution >= 4 is 5.76 Å². The Hall–Kier alpha value is -1.28. The zero-order valence-electron chi connectivity index (χ0n) is 18.9. The first-order chi connectivity index (χ1) is 11.6. The topological polar surface area (TPSA) is 35.2 Å². The van der Waals surface area contributed by atoms with Crippen LogP contribution in [0, 0.1) is 10.8 Å². The van der Waals surface area contributed by atoms with Crippen molar-refractivity contribution in [3.63, 3.8) is 0 Å². The second-order valence-electron chi connectivity index (χ2n) is 7.18. The lowest BCUT2D eigenvalue weighted by molar-refractivity contribution is -0.105. The Balaban J connectivity index is 0. The van der Waals surface area contributed by atoms with E-state index in [0.717, 1.165) is 5.76 Å². The second-order valence-corrected chi connectivity index (χ2v) is 7.18. The minimum Gasteiger partial charge on any atom is -0.487 e. The molecule has 1 heterocycles. The van der Waals surface area contributed by atoms with E-state index in [-0.39, 0.29) is 16.4 Å². The molecule has 0 spiro atoms. The van der Waals surface area contributed by atoms with Crippen molar-refractivity contribution in [3.8, 4) is 0 Å². The van der Waals surface area contributed by atoms with Gasteiger partial charge in [0.15, 0.2) is 0 Å². The largest absolute Gasteiger partial charge is 0.487 e. The summed E-state index contributed by atoms with van der Waals surface area (Å²) in [4.78, 5) is 0. The van der Waals surface area contributed by atoms with Crippen molar-refractivity contribution in [2.24, 2.45) is 16.6 Å². The molecule has 1 aromatic rings. The first-order valence-electron chi connectivity index (χ1n) is 9.65. The summed E-state index contributed by atoms with van der Waals surface area (Å²) < 4.78 is 6.40. The quantitative estimate of drug-likeness (QED) is 0.598. The van der Waals surface area contributed by atoms with E-state index in [9.17, 15) is 0 Å². The Bertz CT molecular complexity index is 510. The molecule has 0 fully saturated rings. The average Bonchev–Trinajstić information content (AvgIpc) is 2.63. The Morgan fingerprint density at radius 3 is 1.56 bits per heavy atom. The molecule has 2 rings (SSSR count). The summed E-state index contributed by atoms with van der Waals surface area (Å²) in [6, 6.07) is 10.4. The highest BCUT2D eigenvalue weighted by molar-refractivity contribution is 5.65. The third-order valence-corrected chi connectivity index (χ3v) is 5.74. The van der Waals surface area contributed by atoms with Gasteiger partial charge in [0, 0.05) is 11.0 Å². The van der Waals surface area contributed by atoms with Gasteiger partial charge < -0.3 is 10.5 Å². The molecule has 0 radical (unpaired) electrons. The zero-order chi connectivity index (χ0) is 20.5. The van der Waals surface area contributed by atoms with Gasteiger partial charge in [-0.1, -0.05) is 85.7 Å². The molecule has 25 heavy (non-hydrogen) atoms. The molecule has 0 aliphatic carbocycles. The van der Waals surface area contributed by atoms with E-state index in [1.54, 1.807) is 0 Å². The van der Waals surface area contributed by atoms with Gasteiger partial charge in [-0.15, -0.1) is 0 Å². The third-order valence-electron chi connectivity index (χ3n) is 5.74. The fourth-order valence-electron chi connectivity index (χ4n) is 2.83. The van der Waals surface area contributed by atoms with Crippen molar-refractivity contribution in [2.45, 2.75) is 81.8 Å². The SMILES string of the molecule is CC.CC.CC1=C(c2ccccc2)OC(C)(C)C(C)(C)C1(C)C.CN. The first-order valence-corrected chi connectivity index (χ1v) is 9.65. The van der Waals surface area contributed by atoms with Crippen LogP contribution in [-0.4, -0.2) is 12.6 Å². The van der Waals surface area contributed by atoms with Gasteiger partial charge in [0.1, 0.15) is 11.4 Å². The van der Waals surface area contributed by atoms with Crippen LogP contribution in [0.25, 0.3) is 5.76 Å². The van der Waals surface area contributed by atoms with Crippen LogP contribution < -0.4 is 5.73 Å². The van der Waals surface area contributed by atoms with Gasteiger partial charge in [-0.3, -0.25) is 0 Å². The smallest absolute Gasteiger partial charge is 0.126 e. The highest BCUT2D eigenvalue weighted by atomic mass is 16.5. The van der Waals surface area contributed by atoms with E-state index in [4.69, 9.17) is 4.74 Å². The summed E-state index contributed by atoms with van der Waals surface area (Å²) in [5.74, 6) is 1.05. The highest BCUT2D eigenvalue weighted by Gasteiger charge is 2.54. The maximum atomic E-state index is 6.40. The predicted octanol–water partition coefficient (Wildman–Crippen LogP) is 6.91. The molecule has 0 amide bonds. The molecule has 146 valence electrons. The molecule has 2 heteroatoms. The van der Waals surface area contributed by atoms with E-state index in [2.05, 4.69) is 78.5 Å². The summed E-state index contributed by atoms with van der Waals surface area (Å²) in [5.41, 5.74) is 6.99. The maximum absolute atomic E-state index is 6.40. The third kappa shape index (κ3) is 5.10. The van der Waals surface area contributed by atoms with Crippen molar-refractivity contribution in [3.05, 3.63) is 41.5 Å². The molecule has 2 N–H and O–H groups in total. The maximum Gasteiger partial charge on any atom is 0.126 e. The van der Waals surface area contributed by atoms with E-state index < -0.39 is 0 Å². The van der Waals surface area contributed by atoms with Gasteiger partial charge in [0.25, 0.3) is 0 Å². The molecule has 0 saturated heterocycles. The lowest BCUT2D eigenvalue weighted by Crippen LogP contribution is -2.54. The number of ether oxygens (including phenoxy) is 1. The van der Waals surface area contributed by atoms with E-state index in [0.29, 0.717) is 0 Å². The molecule has 0 bridgehead atoms. The van der Waals surface area contributed by atoms with Crippen LogP contribution in [0.5, 0.6) is 0 Å². The van der Waals surface area contributed by atoms with E-state index >= 15 is 0 Å². The first kappa shape index (κ1) is 26.0. The number of rotatable bonds is 1. The van der Waals surface area contributed by atoms with Gasteiger partial charge in [0.2, 0.25) is 0 Å². The van der Waals surface area contributed by atoms with Crippen LogP contribution in [0.1, 0.15) is 81.7 Å². The fourth-order valence-corrected chi connectivity index (χ4v) is 2.83. The van der Waals surface area contributed by atoms with Crippen LogP contribution in [0.2, 0.25) is 0 Å². The molecular weight excluding hydrogens is 306 g/mol. The molecule has 0 aromatic heterocycles. The summed E-state index contributed by atoms with van der Waals surface area (Å²) in [5, 5.41) is 0. The summed E-state index contributed by atoms with van der Waals surface area (Å²) in [6.07, 6.45) is 0. The van der Waals surface area contributed by atoms with Gasteiger partial charge in [0.05, 0.1) is 0 Å². The second kappa shape index (κ2) is 10.7. The molecule has 1 aliphatic rings. The molecular formula is C23H43NO. The normalized spacial score (nSPS) is 18.9. The van der Waals surface area contributed by atoms with E-state index in [1.807, 2.05) is 33.8 Å². The number of hydrogen-bond donors (Lipinski definition) is 1. The van der Waals surface area contributed by atoms with Gasteiger partial charge in [-0.25, -0.2) is 0 Å². The van der Waals surface area contributed by atoms with Gasteiger partial charge >= 0.3 is 0 Å². The number of nitrogens with two attached hydrogens (primary N) is 1. The Kier molecular flexibility index (Phi) is 11.1. The van der Waals surface area contributed by atoms with Crippen molar-refractivity contribution in [1.29, 1.82) is 0 Å². The Morgan fingerprint density at radius 2 is 1.16 bits per heavy atom. The Labute approximate surface area is 157 Å². The zero-order valence-corrected chi connectivity index (χ0v) is 18.9. The summed E-state index contributed by atoms with van der Waals surface area (Å²) in [6.45, 7) is 23.9. The molecule has 1 aromatic carbocycles. The summed E-state index contributed by atoms with van der Waals surface area (Å²) >= 11 is 0. The van der Waals surface area contributed by atoms with Gasteiger partial charge in [-0.05, 0) is 38.8 Å². The predicted molar refractivity (Wildman–Crippen MR) is 115 cm³/mol. The number of benzene rings is 1. The van der Waals surface area contributed by atoms with Crippen LogP contribution in [0.3, 0.4) is 0 Å². The van der Waals surface area contributed by atoms with Crippen LogP contribution >= 0.6 is 0 Å². The molecule has 1 aliphatic heterocycles.